The second-order valence-corrected chi connectivity index (χ2v) is 33.9. The van der Waals surface area contributed by atoms with Crippen molar-refractivity contribution >= 4 is 30.6 Å². The topological polar surface area (TPSA) is 73.7 Å². The Bertz CT molecular complexity index is 1300. The molecule has 0 radical (unpaired) electrons. The van der Waals surface area contributed by atoms with Crippen molar-refractivity contribution in [2.45, 2.75) is 168 Å². The van der Waals surface area contributed by atoms with Crippen molar-refractivity contribution in [1.29, 1.82) is 0 Å². The van der Waals surface area contributed by atoms with Crippen molar-refractivity contribution in [2.75, 3.05) is 31.6 Å². The maximum atomic E-state index is 7.52. The molecule has 1 aliphatic rings. The van der Waals surface area contributed by atoms with Gasteiger partial charge in [-0.05, 0) is 104 Å². The molecule has 0 spiro atoms. The zero-order valence-corrected chi connectivity index (χ0v) is 37.9. The highest BCUT2D eigenvalue weighted by molar-refractivity contribution is 6.75. The van der Waals surface area contributed by atoms with Gasteiger partial charge in [0.2, 0.25) is 0 Å². The Labute approximate surface area is 310 Å². The summed E-state index contributed by atoms with van der Waals surface area (Å²) in [5.41, 5.74) is 2.21. The average Bonchev–Trinajstić information content (AvgIpc) is 3.52. The van der Waals surface area contributed by atoms with Crippen LogP contribution in [0.2, 0.25) is 54.4 Å². The summed E-state index contributed by atoms with van der Waals surface area (Å²) in [5.74, 6) is 0.378. The molecule has 1 aromatic heterocycles. The number of benzene rings is 1. The molecule has 0 saturated carbocycles. The van der Waals surface area contributed by atoms with Crippen LogP contribution in [0.1, 0.15) is 94.9 Å². The number of hydrogen-bond donors (Lipinski definition) is 1. The number of nitrogens with one attached hydrogen (secondary N) is 1. The second-order valence-electron chi connectivity index (χ2n) is 19.6. The Kier molecular flexibility index (Phi) is 14.4. The lowest BCUT2D eigenvalue weighted by atomic mass is 9.88. The van der Waals surface area contributed by atoms with Crippen molar-refractivity contribution in [1.82, 2.24) is 19.7 Å². The van der Waals surface area contributed by atoms with E-state index in [0.717, 1.165) is 37.4 Å². The van der Waals surface area contributed by atoms with Gasteiger partial charge in [-0.2, -0.15) is 0 Å². The van der Waals surface area contributed by atoms with Gasteiger partial charge in [-0.15, -0.1) is 10.2 Å². The number of aromatic nitrogens is 3. The van der Waals surface area contributed by atoms with E-state index < -0.39 is 25.0 Å². The Balaban J connectivity index is 1.73. The monoisotopic (exact) mass is 746 g/mol. The van der Waals surface area contributed by atoms with E-state index in [2.05, 4.69) is 153 Å². The van der Waals surface area contributed by atoms with E-state index in [1.165, 1.54) is 19.3 Å². The number of piperidine rings is 1. The van der Waals surface area contributed by atoms with Crippen LogP contribution in [-0.4, -0.2) is 89.1 Å². The lowest BCUT2D eigenvalue weighted by molar-refractivity contribution is -0.101. The van der Waals surface area contributed by atoms with Crippen LogP contribution in [0.3, 0.4) is 0 Å². The quantitative estimate of drug-likeness (QED) is 0.135. The molecule has 8 nitrogen and oxygen atoms in total. The predicted octanol–water partition coefficient (Wildman–Crippen LogP) is 10.4. The number of anilines is 1. The summed E-state index contributed by atoms with van der Waals surface area (Å²) in [7, 11) is -6.14. The van der Waals surface area contributed by atoms with Crippen LogP contribution >= 0.6 is 0 Å². The largest absolute Gasteiger partial charge is 0.415 e. The zero-order valence-electron chi connectivity index (χ0n) is 34.9. The van der Waals surface area contributed by atoms with Gasteiger partial charge >= 0.3 is 0 Å². The fraction of sp³-hybridized carbons (Fsp3) is 0.795. The molecule has 0 aliphatic carbocycles. The summed E-state index contributed by atoms with van der Waals surface area (Å²) in [6, 6.07) is 8.63. The van der Waals surface area contributed by atoms with Gasteiger partial charge in [0.15, 0.2) is 25.0 Å². The molecule has 1 fully saturated rings. The van der Waals surface area contributed by atoms with E-state index in [1.807, 2.05) is 4.57 Å². The molecular weight excluding hydrogens is 671 g/mol. The third-order valence-corrected chi connectivity index (χ3v) is 25.9. The SMILES string of the molecule is C[C@H]1CN(CCCCCCNc2ccc(-n3cnnc3)cc2)[C@H](CO[Si](C)(C)C(C)(C)C)[C@@H](O[Si](C)(C)C(C)(C)C)[C@@H]1O[Si](C)(C)C(C)(C)C. The van der Waals surface area contributed by atoms with Crippen LogP contribution < -0.4 is 5.32 Å². The van der Waals surface area contributed by atoms with Crippen molar-refractivity contribution in [2.24, 2.45) is 5.92 Å². The average molecular weight is 746 g/mol. The minimum Gasteiger partial charge on any atom is -0.415 e. The van der Waals surface area contributed by atoms with Crippen LogP contribution in [0.15, 0.2) is 36.9 Å². The number of hydrogen-bond acceptors (Lipinski definition) is 7. The fourth-order valence-electron chi connectivity index (χ4n) is 5.80. The molecule has 50 heavy (non-hydrogen) atoms. The van der Waals surface area contributed by atoms with Gasteiger partial charge in [-0.1, -0.05) is 82.1 Å². The highest BCUT2D eigenvalue weighted by atomic mass is 28.4. The van der Waals surface area contributed by atoms with Crippen LogP contribution in [0.5, 0.6) is 0 Å². The van der Waals surface area contributed by atoms with Crippen LogP contribution in [0, 0.1) is 5.92 Å². The molecule has 1 N–H and O–H groups in total. The molecular formula is C39H75N5O3Si3. The molecule has 1 saturated heterocycles. The summed E-state index contributed by atoms with van der Waals surface area (Å²) < 4.78 is 23.9. The normalized spacial score (nSPS) is 21.8. The highest BCUT2D eigenvalue weighted by Crippen LogP contribution is 2.44. The first kappa shape index (κ1) is 43.1. The first-order valence-electron chi connectivity index (χ1n) is 19.3. The first-order valence-corrected chi connectivity index (χ1v) is 28.0. The van der Waals surface area contributed by atoms with E-state index in [1.54, 1.807) is 12.7 Å². The summed E-state index contributed by atoms with van der Waals surface area (Å²) in [6.45, 7) is 41.7. The van der Waals surface area contributed by atoms with E-state index in [-0.39, 0.29) is 33.4 Å². The lowest BCUT2D eigenvalue weighted by Gasteiger charge is -2.54. The van der Waals surface area contributed by atoms with E-state index in [4.69, 9.17) is 13.3 Å². The van der Waals surface area contributed by atoms with Gasteiger partial charge in [0.05, 0.1) is 24.9 Å². The van der Waals surface area contributed by atoms with Gasteiger partial charge < -0.3 is 18.6 Å². The molecule has 11 heteroatoms. The molecule has 286 valence electrons. The first-order chi connectivity index (χ1) is 22.9. The predicted molar refractivity (Wildman–Crippen MR) is 220 cm³/mol. The summed E-state index contributed by atoms with van der Waals surface area (Å²) in [4.78, 5) is 2.73. The Morgan fingerprint density at radius 3 is 1.72 bits per heavy atom. The highest BCUT2D eigenvalue weighted by Gasteiger charge is 2.52. The van der Waals surface area contributed by atoms with Crippen LogP contribution in [-0.2, 0) is 13.3 Å². The zero-order chi connectivity index (χ0) is 37.8. The number of unbranched alkanes of at least 4 members (excludes halogenated alkanes) is 3. The Morgan fingerprint density at radius 2 is 1.20 bits per heavy atom. The molecule has 0 bridgehead atoms. The number of likely N-dealkylation sites (tertiary alicyclic amines) is 1. The van der Waals surface area contributed by atoms with Crippen molar-refractivity contribution in [3.05, 3.63) is 36.9 Å². The molecule has 2 heterocycles. The second kappa shape index (κ2) is 16.8. The summed E-state index contributed by atoms with van der Waals surface area (Å²) >= 11 is 0. The van der Waals surface area contributed by atoms with E-state index in [9.17, 15) is 0 Å². The number of nitrogens with zero attached hydrogens (tertiary/aromatic N) is 4. The standard InChI is InChI=1S/C39H75N5O3Si3/c1-31-27-43(26-20-18-17-19-25-40-32-21-23-33(24-22-32)44-29-41-42-30-44)34(28-45-48(11,12)37(2,3)4)36(47-50(15,16)39(8,9)10)35(31)46-49(13,14)38(5,6)7/h21-24,29-31,34-36,40H,17-20,25-28H2,1-16H3/t31-,34+,35+,36+/m0/s1. The minimum atomic E-state index is -2.12. The Hall–Kier alpha value is -1.35. The van der Waals surface area contributed by atoms with Gasteiger partial charge in [0.1, 0.15) is 12.7 Å². The molecule has 2 aromatic rings. The van der Waals surface area contributed by atoms with Crippen molar-refractivity contribution < 1.29 is 13.3 Å². The molecule has 1 aliphatic heterocycles. The molecule has 0 unspecified atom stereocenters. The Morgan fingerprint density at radius 1 is 0.700 bits per heavy atom. The van der Waals surface area contributed by atoms with Crippen molar-refractivity contribution in [3.63, 3.8) is 0 Å². The van der Waals surface area contributed by atoms with Gasteiger partial charge in [0.25, 0.3) is 0 Å². The van der Waals surface area contributed by atoms with Gasteiger partial charge in [-0.3, -0.25) is 9.47 Å². The van der Waals surface area contributed by atoms with E-state index in [0.29, 0.717) is 12.5 Å². The lowest BCUT2D eigenvalue weighted by Crippen LogP contribution is -2.66. The maximum Gasteiger partial charge on any atom is 0.192 e. The number of rotatable bonds is 16. The molecule has 1 aromatic carbocycles. The third kappa shape index (κ3) is 11.3. The summed E-state index contributed by atoms with van der Waals surface area (Å²) in [6.07, 6.45) is 8.25. The maximum absolute atomic E-state index is 7.52. The van der Waals surface area contributed by atoms with Gasteiger partial charge in [0, 0.05) is 24.5 Å². The van der Waals surface area contributed by atoms with Gasteiger partial charge in [-0.25, -0.2) is 0 Å². The molecule has 3 rings (SSSR count). The summed E-state index contributed by atoms with van der Waals surface area (Å²) in [5, 5.41) is 11.8. The minimum absolute atomic E-state index is 0.0147. The van der Waals surface area contributed by atoms with Crippen LogP contribution in [0.25, 0.3) is 5.69 Å². The third-order valence-electron chi connectivity index (χ3n) is 12.4. The smallest absolute Gasteiger partial charge is 0.192 e. The van der Waals surface area contributed by atoms with E-state index >= 15 is 0 Å². The fourth-order valence-corrected chi connectivity index (χ4v) is 9.55. The molecule has 0 amide bonds. The van der Waals surface area contributed by atoms with Crippen molar-refractivity contribution in [3.8, 4) is 5.69 Å². The molecule has 4 atom stereocenters. The van der Waals surface area contributed by atoms with Crippen LogP contribution in [0.4, 0.5) is 5.69 Å².